The van der Waals surface area contributed by atoms with Gasteiger partial charge in [0.2, 0.25) is 5.91 Å². The highest BCUT2D eigenvalue weighted by molar-refractivity contribution is 5.85. The number of hydrogen-bond acceptors (Lipinski definition) is 2. The summed E-state index contributed by atoms with van der Waals surface area (Å²) in [5, 5.41) is 3.35. The van der Waals surface area contributed by atoms with Crippen LogP contribution < -0.4 is 5.32 Å². The Morgan fingerprint density at radius 2 is 2.05 bits per heavy atom. The summed E-state index contributed by atoms with van der Waals surface area (Å²) < 4.78 is 12.8. The molecule has 20 heavy (non-hydrogen) atoms. The molecule has 3 nitrogen and oxygen atoms in total. The van der Waals surface area contributed by atoms with Crippen molar-refractivity contribution in [2.75, 3.05) is 13.6 Å². The van der Waals surface area contributed by atoms with E-state index in [1.54, 1.807) is 17.0 Å². The van der Waals surface area contributed by atoms with Crippen LogP contribution in [-0.4, -0.2) is 30.4 Å². The third kappa shape index (κ3) is 4.46. The van der Waals surface area contributed by atoms with Gasteiger partial charge in [0.05, 0.1) is 0 Å². The van der Waals surface area contributed by atoms with Crippen molar-refractivity contribution in [3.63, 3.8) is 0 Å². The zero-order valence-electron chi connectivity index (χ0n) is 11.9. The minimum absolute atomic E-state index is 0. The number of carbonyl (C=O) groups is 1. The zero-order valence-corrected chi connectivity index (χ0v) is 12.8. The molecular weight excluding hydrogens is 279 g/mol. The fourth-order valence-electron chi connectivity index (χ4n) is 2.61. The zero-order chi connectivity index (χ0) is 13.8. The summed E-state index contributed by atoms with van der Waals surface area (Å²) in [5.74, 6) is 0.0595. The number of halogens is 2. The average molecular weight is 301 g/mol. The Bertz CT molecular complexity index is 438. The lowest BCUT2D eigenvalue weighted by molar-refractivity contribution is -0.135. The van der Waals surface area contributed by atoms with Gasteiger partial charge in [0.15, 0.2) is 0 Å². The molecule has 1 saturated heterocycles. The molecule has 0 spiro atoms. The maximum Gasteiger partial charge on any atom is 0.225 e. The third-order valence-electron chi connectivity index (χ3n) is 3.68. The summed E-state index contributed by atoms with van der Waals surface area (Å²) in [5.41, 5.74) is 0.958. The van der Waals surface area contributed by atoms with Crippen molar-refractivity contribution >= 4 is 18.3 Å². The molecule has 2 rings (SSSR count). The molecule has 2 atom stereocenters. The number of hydrogen-bond donors (Lipinski definition) is 1. The summed E-state index contributed by atoms with van der Waals surface area (Å²) in [4.78, 5) is 14.1. The number of carbonyl (C=O) groups excluding carboxylic acids is 1. The van der Waals surface area contributed by atoms with Crippen molar-refractivity contribution in [3.8, 4) is 0 Å². The summed E-state index contributed by atoms with van der Waals surface area (Å²) in [6, 6.07) is 6.72. The molecule has 1 aromatic carbocycles. The lowest BCUT2D eigenvalue weighted by Gasteiger charge is -2.30. The van der Waals surface area contributed by atoms with E-state index in [1.807, 2.05) is 7.05 Å². The Kier molecular flexibility index (Phi) is 6.43. The van der Waals surface area contributed by atoms with Gasteiger partial charge in [-0.15, -0.1) is 12.4 Å². The number of nitrogens with zero attached hydrogens (tertiary/aromatic N) is 1. The average Bonchev–Trinajstić information content (AvgIpc) is 2.40. The molecule has 5 heteroatoms. The van der Waals surface area contributed by atoms with Gasteiger partial charge in [0.1, 0.15) is 5.82 Å². The standard InChI is InChI=1S/C15H21FN2O.ClH/c1-11-9-13(7-8-17-11)15(19)18(2)10-12-3-5-14(16)6-4-12;/h3-6,11,13,17H,7-10H2,1-2H3;1H/t11-,13-;/m0./s1. The van der Waals surface area contributed by atoms with E-state index in [0.29, 0.717) is 12.6 Å². The molecule has 1 aliphatic rings. The topological polar surface area (TPSA) is 32.3 Å². The van der Waals surface area contributed by atoms with Crippen LogP contribution in [0.5, 0.6) is 0 Å². The first-order valence-electron chi connectivity index (χ1n) is 6.79. The molecule has 1 N–H and O–H groups in total. The SMILES string of the molecule is C[C@H]1C[C@@H](C(=O)N(C)Cc2ccc(F)cc2)CCN1.Cl. The lowest BCUT2D eigenvalue weighted by atomic mass is 9.92. The fraction of sp³-hybridized carbons (Fsp3) is 0.533. The van der Waals surface area contributed by atoms with Crippen LogP contribution in [0, 0.1) is 11.7 Å². The summed E-state index contributed by atoms with van der Waals surface area (Å²) >= 11 is 0. The number of amides is 1. The molecule has 0 aromatic heterocycles. The first-order valence-corrected chi connectivity index (χ1v) is 6.79. The van der Waals surface area contributed by atoms with Crippen molar-refractivity contribution in [2.45, 2.75) is 32.4 Å². The largest absolute Gasteiger partial charge is 0.341 e. The van der Waals surface area contributed by atoms with Gasteiger partial charge in [0, 0.05) is 25.6 Å². The Balaban J connectivity index is 0.00000200. The van der Waals surface area contributed by atoms with Crippen LogP contribution >= 0.6 is 12.4 Å². The quantitative estimate of drug-likeness (QED) is 0.930. The van der Waals surface area contributed by atoms with Crippen molar-refractivity contribution in [3.05, 3.63) is 35.6 Å². The van der Waals surface area contributed by atoms with Gasteiger partial charge in [-0.25, -0.2) is 4.39 Å². The van der Waals surface area contributed by atoms with Crippen molar-refractivity contribution in [2.24, 2.45) is 5.92 Å². The maximum atomic E-state index is 12.8. The second kappa shape index (κ2) is 7.60. The van der Waals surface area contributed by atoms with Crippen LogP contribution in [0.1, 0.15) is 25.3 Å². The third-order valence-corrected chi connectivity index (χ3v) is 3.68. The Labute approximate surface area is 125 Å². The summed E-state index contributed by atoms with van der Waals surface area (Å²) in [6.45, 7) is 3.55. The van der Waals surface area contributed by atoms with Crippen LogP contribution in [0.25, 0.3) is 0 Å². The van der Waals surface area contributed by atoms with E-state index in [9.17, 15) is 9.18 Å². The van der Waals surface area contributed by atoms with E-state index in [4.69, 9.17) is 0 Å². The molecule has 1 amide bonds. The van der Waals surface area contributed by atoms with E-state index < -0.39 is 0 Å². The van der Waals surface area contributed by atoms with E-state index >= 15 is 0 Å². The van der Waals surface area contributed by atoms with Crippen molar-refractivity contribution in [1.82, 2.24) is 10.2 Å². The number of rotatable bonds is 3. The predicted molar refractivity (Wildman–Crippen MR) is 80.3 cm³/mol. The fourth-order valence-corrected chi connectivity index (χ4v) is 2.61. The highest BCUT2D eigenvalue weighted by Gasteiger charge is 2.26. The number of piperidine rings is 1. The highest BCUT2D eigenvalue weighted by atomic mass is 35.5. The first kappa shape index (κ1) is 16.9. The van der Waals surface area contributed by atoms with Crippen LogP contribution in [0.15, 0.2) is 24.3 Å². The lowest BCUT2D eigenvalue weighted by Crippen LogP contribution is -2.42. The molecule has 1 aliphatic heterocycles. The predicted octanol–water partition coefficient (Wildman–Crippen LogP) is 2.59. The number of benzene rings is 1. The van der Waals surface area contributed by atoms with Gasteiger partial charge >= 0.3 is 0 Å². The molecule has 0 radical (unpaired) electrons. The molecule has 112 valence electrons. The smallest absolute Gasteiger partial charge is 0.225 e. The molecule has 1 aromatic rings. The Morgan fingerprint density at radius 1 is 1.40 bits per heavy atom. The van der Waals surface area contributed by atoms with Gasteiger partial charge in [-0.1, -0.05) is 12.1 Å². The Morgan fingerprint density at radius 3 is 2.65 bits per heavy atom. The molecule has 1 fully saturated rings. The van der Waals surface area contributed by atoms with Crippen molar-refractivity contribution in [1.29, 1.82) is 0 Å². The van der Waals surface area contributed by atoms with Gasteiger partial charge in [-0.3, -0.25) is 4.79 Å². The van der Waals surface area contributed by atoms with Crippen molar-refractivity contribution < 1.29 is 9.18 Å². The van der Waals surface area contributed by atoms with Crippen LogP contribution in [0.3, 0.4) is 0 Å². The van der Waals surface area contributed by atoms with E-state index in [1.165, 1.54) is 12.1 Å². The highest BCUT2D eigenvalue weighted by Crippen LogP contribution is 2.19. The van der Waals surface area contributed by atoms with Crippen LogP contribution in [0.2, 0.25) is 0 Å². The molecule has 0 aliphatic carbocycles. The van der Waals surface area contributed by atoms with Gasteiger partial charge in [-0.2, -0.15) is 0 Å². The second-order valence-corrected chi connectivity index (χ2v) is 5.40. The second-order valence-electron chi connectivity index (χ2n) is 5.40. The monoisotopic (exact) mass is 300 g/mol. The first-order chi connectivity index (χ1) is 9.06. The number of nitrogens with one attached hydrogen (secondary N) is 1. The van der Waals surface area contributed by atoms with E-state index in [0.717, 1.165) is 24.9 Å². The molecule has 1 heterocycles. The van der Waals surface area contributed by atoms with Gasteiger partial charge in [-0.05, 0) is 44.0 Å². The minimum atomic E-state index is -0.245. The Hall–Kier alpha value is -1.13. The molecule has 0 saturated carbocycles. The minimum Gasteiger partial charge on any atom is -0.341 e. The molecule has 0 bridgehead atoms. The van der Waals surface area contributed by atoms with Gasteiger partial charge < -0.3 is 10.2 Å². The summed E-state index contributed by atoms with van der Waals surface area (Å²) in [7, 11) is 1.82. The normalized spacial score (nSPS) is 21.9. The molecular formula is C15H22ClFN2O. The van der Waals surface area contributed by atoms with Gasteiger partial charge in [0.25, 0.3) is 0 Å². The molecule has 0 unspecified atom stereocenters. The van der Waals surface area contributed by atoms with E-state index in [-0.39, 0.29) is 30.0 Å². The van der Waals surface area contributed by atoms with E-state index in [2.05, 4.69) is 12.2 Å². The summed E-state index contributed by atoms with van der Waals surface area (Å²) in [6.07, 6.45) is 1.80. The van der Waals surface area contributed by atoms with Crippen LogP contribution in [0.4, 0.5) is 4.39 Å². The maximum absolute atomic E-state index is 12.8. The van der Waals surface area contributed by atoms with Crippen LogP contribution in [-0.2, 0) is 11.3 Å².